The highest BCUT2D eigenvalue weighted by Crippen LogP contribution is 2.43. The minimum absolute atomic E-state index is 0.212. The van der Waals surface area contributed by atoms with Crippen LogP contribution < -0.4 is 4.90 Å². The van der Waals surface area contributed by atoms with Gasteiger partial charge in [-0.2, -0.15) is 0 Å². The quantitative estimate of drug-likeness (QED) is 0.285. The Morgan fingerprint density at radius 2 is 1.88 bits per heavy atom. The van der Waals surface area contributed by atoms with E-state index in [1.807, 2.05) is 6.07 Å². The number of pyridine rings is 1. The Morgan fingerprint density at radius 1 is 1.06 bits per heavy atom. The minimum atomic E-state index is -1.16. The SMILES string of the molecule is O=C1C(=O)N(c2ccc(F)cc2F)C(c2cccnc2)/C1=C(/O)c1c[nH]c2ccccc12. The third kappa shape index (κ3) is 2.96. The molecule has 0 spiro atoms. The molecule has 4 aromatic rings. The predicted molar refractivity (Wildman–Crippen MR) is 114 cm³/mol. The van der Waals surface area contributed by atoms with Crippen molar-refractivity contribution in [1.82, 2.24) is 9.97 Å². The molecular formula is C24H15F2N3O3. The number of rotatable bonds is 3. The van der Waals surface area contributed by atoms with E-state index in [2.05, 4.69) is 9.97 Å². The molecule has 158 valence electrons. The number of H-pyrrole nitrogens is 1. The second kappa shape index (κ2) is 7.42. The number of anilines is 1. The lowest BCUT2D eigenvalue weighted by Gasteiger charge is -2.25. The van der Waals surface area contributed by atoms with Crippen LogP contribution >= 0.6 is 0 Å². The Balaban J connectivity index is 1.77. The number of nitrogens with one attached hydrogen (secondary N) is 1. The van der Waals surface area contributed by atoms with Crippen molar-refractivity contribution in [3.8, 4) is 0 Å². The van der Waals surface area contributed by atoms with Crippen LogP contribution in [0.3, 0.4) is 0 Å². The van der Waals surface area contributed by atoms with Gasteiger partial charge in [0.1, 0.15) is 17.4 Å². The lowest BCUT2D eigenvalue weighted by Crippen LogP contribution is -2.30. The highest BCUT2D eigenvalue weighted by molar-refractivity contribution is 6.51. The maximum Gasteiger partial charge on any atom is 0.300 e. The Morgan fingerprint density at radius 3 is 2.62 bits per heavy atom. The van der Waals surface area contributed by atoms with E-state index in [0.717, 1.165) is 22.5 Å². The summed E-state index contributed by atoms with van der Waals surface area (Å²) in [7, 11) is 0. The zero-order valence-electron chi connectivity index (χ0n) is 16.4. The van der Waals surface area contributed by atoms with Crippen molar-refractivity contribution in [3.63, 3.8) is 0 Å². The van der Waals surface area contributed by atoms with Crippen LogP contribution in [0.15, 0.2) is 78.8 Å². The Hall–Kier alpha value is -4.33. The molecule has 1 saturated heterocycles. The standard InChI is InChI=1S/C24H15F2N3O3/c25-14-7-8-19(17(26)10-14)29-21(13-4-3-9-27-11-13)20(23(31)24(29)32)22(30)16-12-28-18-6-2-1-5-15(16)18/h1-12,21,28,30H/b22-20-. The number of ketones is 1. The summed E-state index contributed by atoms with van der Waals surface area (Å²) in [5.41, 5.74) is 0.950. The molecule has 1 aliphatic heterocycles. The first-order valence-corrected chi connectivity index (χ1v) is 9.70. The maximum atomic E-state index is 14.7. The molecule has 0 radical (unpaired) electrons. The second-order valence-electron chi connectivity index (χ2n) is 7.30. The van der Waals surface area contributed by atoms with Gasteiger partial charge in [-0.15, -0.1) is 0 Å². The first-order chi connectivity index (χ1) is 15.5. The number of aliphatic hydroxyl groups is 1. The van der Waals surface area contributed by atoms with Crippen molar-refractivity contribution < 1.29 is 23.5 Å². The van der Waals surface area contributed by atoms with Crippen LogP contribution in [0.2, 0.25) is 0 Å². The number of benzene rings is 2. The van der Waals surface area contributed by atoms with Gasteiger partial charge < -0.3 is 10.1 Å². The van der Waals surface area contributed by atoms with E-state index in [4.69, 9.17) is 0 Å². The summed E-state index contributed by atoms with van der Waals surface area (Å²) >= 11 is 0. The lowest BCUT2D eigenvalue weighted by atomic mass is 9.96. The third-order valence-electron chi connectivity index (χ3n) is 5.46. The van der Waals surface area contributed by atoms with Gasteiger partial charge in [0.05, 0.1) is 17.3 Å². The normalized spacial score (nSPS) is 17.9. The van der Waals surface area contributed by atoms with Crippen LogP contribution in [-0.4, -0.2) is 26.8 Å². The number of fused-ring (bicyclic) bond motifs is 1. The summed E-state index contributed by atoms with van der Waals surface area (Å²) in [5.74, 6) is -4.25. The second-order valence-corrected chi connectivity index (χ2v) is 7.30. The molecule has 1 aliphatic rings. The summed E-state index contributed by atoms with van der Waals surface area (Å²) in [4.78, 5) is 34.1. The van der Waals surface area contributed by atoms with Gasteiger partial charge in [0.2, 0.25) is 0 Å². The van der Waals surface area contributed by atoms with Gasteiger partial charge in [0.15, 0.2) is 0 Å². The average molecular weight is 431 g/mol. The van der Waals surface area contributed by atoms with Gasteiger partial charge in [0.25, 0.3) is 11.7 Å². The number of Topliss-reactive ketones (excluding diaryl/α,β-unsaturated/α-hetero) is 1. The highest BCUT2D eigenvalue weighted by Gasteiger charge is 2.48. The number of hydrogen-bond donors (Lipinski definition) is 2. The van der Waals surface area contributed by atoms with Crippen molar-refractivity contribution in [2.75, 3.05) is 4.90 Å². The molecule has 1 amide bonds. The van der Waals surface area contributed by atoms with Gasteiger partial charge in [-0.1, -0.05) is 24.3 Å². The molecule has 32 heavy (non-hydrogen) atoms. The third-order valence-corrected chi connectivity index (χ3v) is 5.46. The molecule has 3 heterocycles. The number of carbonyl (C=O) groups excluding carboxylic acids is 2. The molecule has 6 nitrogen and oxygen atoms in total. The van der Waals surface area contributed by atoms with Crippen LogP contribution in [0.5, 0.6) is 0 Å². The van der Waals surface area contributed by atoms with E-state index in [-0.39, 0.29) is 11.3 Å². The van der Waals surface area contributed by atoms with E-state index in [9.17, 15) is 23.5 Å². The summed E-state index contributed by atoms with van der Waals surface area (Å²) in [5, 5.41) is 11.8. The van der Waals surface area contributed by atoms with Crippen molar-refractivity contribution in [1.29, 1.82) is 0 Å². The van der Waals surface area contributed by atoms with Gasteiger partial charge in [-0.05, 0) is 29.8 Å². The van der Waals surface area contributed by atoms with Gasteiger partial charge in [-0.3, -0.25) is 19.5 Å². The topological polar surface area (TPSA) is 86.3 Å². The number of halogens is 2. The largest absolute Gasteiger partial charge is 0.507 e. The fraction of sp³-hybridized carbons (Fsp3) is 0.0417. The van der Waals surface area contributed by atoms with Crippen molar-refractivity contribution in [3.05, 3.63) is 102 Å². The molecule has 1 unspecified atom stereocenters. The summed E-state index contributed by atoms with van der Waals surface area (Å²) < 4.78 is 28.2. The van der Waals surface area contributed by atoms with Crippen LogP contribution in [0.25, 0.3) is 16.7 Å². The molecule has 5 rings (SSSR count). The van der Waals surface area contributed by atoms with Gasteiger partial charge in [0, 0.05) is 41.1 Å². The average Bonchev–Trinajstić information content (AvgIpc) is 3.34. The molecule has 1 fully saturated rings. The van der Waals surface area contributed by atoms with Crippen LogP contribution in [0.1, 0.15) is 17.2 Å². The van der Waals surface area contributed by atoms with E-state index >= 15 is 0 Å². The number of aromatic nitrogens is 2. The van der Waals surface area contributed by atoms with Crippen LogP contribution in [-0.2, 0) is 9.59 Å². The summed E-state index contributed by atoms with van der Waals surface area (Å²) in [6.45, 7) is 0. The summed E-state index contributed by atoms with van der Waals surface area (Å²) in [6, 6.07) is 11.9. The Bertz CT molecular complexity index is 1410. The molecule has 0 bridgehead atoms. The molecular weight excluding hydrogens is 416 g/mol. The van der Waals surface area contributed by atoms with Gasteiger partial charge >= 0.3 is 0 Å². The smallest absolute Gasteiger partial charge is 0.300 e. The first kappa shape index (κ1) is 19.6. The van der Waals surface area contributed by atoms with Crippen molar-refractivity contribution in [2.24, 2.45) is 0 Å². The Kier molecular flexibility index (Phi) is 4.55. The molecule has 2 N–H and O–H groups in total. The number of aliphatic hydroxyl groups excluding tert-OH is 1. The van der Waals surface area contributed by atoms with E-state index < -0.39 is 35.1 Å². The highest BCUT2D eigenvalue weighted by atomic mass is 19.1. The first-order valence-electron chi connectivity index (χ1n) is 9.70. The fourth-order valence-corrected chi connectivity index (χ4v) is 4.02. The number of amides is 1. The van der Waals surface area contributed by atoms with Crippen molar-refractivity contribution >= 4 is 34.0 Å². The number of aromatic amines is 1. The molecule has 0 aliphatic carbocycles. The maximum absolute atomic E-state index is 14.7. The number of hydrogen-bond acceptors (Lipinski definition) is 4. The zero-order valence-corrected chi connectivity index (χ0v) is 16.4. The lowest BCUT2D eigenvalue weighted by molar-refractivity contribution is -0.132. The number of nitrogens with zero attached hydrogens (tertiary/aromatic N) is 2. The minimum Gasteiger partial charge on any atom is -0.507 e. The molecule has 8 heteroatoms. The molecule has 0 saturated carbocycles. The predicted octanol–water partition coefficient (Wildman–Crippen LogP) is 4.47. The van der Waals surface area contributed by atoms with Crippen LogP contribution in [0, 0.1) is 11.6 Å². The Labute approximate surface area is 180 Å². The van der Waals surface area contributed by atoms with Crippen LogP contribution in [0.4, 0.5) is 14.5 Å². The summed E-state index contributed by atoms with van der Waals surface area (Å²) in [6.07, 6.45) is 4.47. The van der Waals surface area contributed by atoms with Crippen molar-refractivity contribution in [2.45, 2.75) is 6.04 Å². The van der Waals surface area contributed by atoms with Gasteiger partial charge in [-0.25, -0.2) is 8.78 Å². The molecule has 2 aromatic carbocycles. The fourth-order valence-electron chi connectivity index (χ4n) is 4.02. The molecule has 2 aromatic heterocycles. The number of para-hydroxylation sites is 1. The molecule has 1 atom stereocenters. The number of carbonyl (C=O) groups is 2. The van der Waals surface area contributed by atoms with E-state index in [1.54, 1.807) is 30.3 Å². The zero-order chi connectivity index (χ0) is 22.4. The monoisotopic (exact) mass is 431 g/mol. The van der Waals surface area contributed by atoms with E-state index in [0.29, 0.717) is 22.6 Å². The van der Waals surface area contributed by atoms with E-state index in [1.165, 1.54) is 18.6 Å².